The smallest absolute Gasteiger partial charge is 0.305 e. The predicted octanol–water partition coefficient (Wildman–Crippen LogP) is 9.88. The number of rotatable bonds is 35. The molecule has 0 aliphatic carbocycles. The molecule has 0 spiro atoms. The lowest BCUT2D eigenvalue weighted by Crippen LogP contribution is -2.35. The van der Waals surface area contributed by atoms with Crippen LogP contribution in [0.15, 0.2) is 36.5 Å². The highest BCUT2D eigenvalue weighted by atomic mass is 16.6. The van der Waals surface area contributed by atoms with Crippen LogP contribution in [0.4, 0.5) is 0 Å². The first-order chi connectivity index (χ1) is 23.1. The molecule has 0 fully saturated rings. The molecule has 0 bridgehead atoms. The zero-order valence-corrected chi connectivity index (χ0v) is 30.4. The third-order valence-corrected chi connectivity index (χ3v) is 8.13. The molecular weight excluding hydrogens is 592 g/mol. The highest BCUT2D eigenvalue weighted by Crippen LogP contribution is 2.11. The molecule has 274 valence electrons. The van der Waals surface area contributed by atoms with Crippen LogP contribution in [0, 0.1) is 0 Å². The Hall–Kier alpha value is -1.96. The average molecular weight is 665 g/mol. The van der Waals surface area contributed by atoms with Crippen LogP contribution in [-0.4, -0.2) is 60.8 Å². The summed E-state index contributed by atoms with van der Waals surface area (Å²) >= 11 is 0. The van der Waals surface area contributed by atoms with Gasteiger partial charge in [0.05, 0.1) is 13.2 Å². The first kappa shape index (κ1) is 45.0. The van der Waals surface area contributed by atoms with Crippen molar-refractivity contribution in [1.29, 1.82) is 0 Å². The molecular formula is C40H72O7. The van der Waals surface area contributed by atoms with Gasteiger partial charge in [-0.3, -0.25) is 9.59 Å². The third-order valence-electron chi connectivity index (χ3n) is 8.13. The second kappa shape index (κ2) is 36.9. The second-order valence-corrected chi connectivity index (χ2v) is 12.7. The van der Waals surface area contributed by atoms with Gasteiger partial charge in [-0.2, -0.15) is 0 Å². The van der Waals surface area contributed by atoms with E-state index in [1.165, 1.54) is 70.6 Å². The van der Waals surface area contributed by atoms with Crippen molar-refractivity contribution >= 4 is 11.9 Å². The van der Waals surface area contributed by atoms with Gasteiger partial charge in [0, 0.05) is 12.8 Å². The Kier molecular flexibility index (Phi) is 35.3. The summed E-state index contributed by atoms with van der Waals surface area (Å²) in [5, 5.41) is 19.3. The lowest BCUT2D eigenvalue weighted by atomic mass is 10.1. The minimum Gasteiger partial charge on any atom is -0.463 e. The molecule has 0 aliphatic rings. The van der Waals surface area contributed by atoms with E-state index >= 15 is 0 Å². The van der Waals surface area contributed by atoms with Gasteiger partial charge in [-0.1, -0.05) is 121 Å². The normalized spacial score (nSPS) is 13.2. The second-order valence-electron chi connectivity index (χ2n) is 12.7. The first-order valence-electron chi connectivity index (χ1n) is 19.2. The molecule has 2 atom stereocenters. The van der Waals surface area contributed by atoms with Crippen LogP contribution in [0.2, 0.25) is 0 Å². The van der Waals surface area contributed by atoms with Gasteiger partial charge in [-0.05, 0) is 70.6 Å². The summed E-state index contributed by atoms with van der Waals surface area (Å²) in [7, 11) is 0. The van der Waals surface area contributed by atoms with Crippen molar-refractivity contribution < 1.29 is 34.0 Å². The molecule has 0 aromatic heterocycles. The van der Waals surface area contributed by atoms with Gasteiger partial charge < -0.3 is 24.4 Å². The molecule has 0 heterocycles. The van der Waals surface area contributed by atoms with Crippen molar-refractivity contribution in [2.45, 2.75) is 180 Å². The molecule has 0 aromatic rings. The van der Waals surface area contributed by atoms with Crippen molar-refractivity contribution in [2.75, 3.05) is 26.4 Å². The van der Waals surface area contributed by atoms with E-state index in [9.17, 15) is 19.8 Å². The maximum Gasteiger partial charge on any atom is 0.305 e. The fourth-order valence-electron chi connectivity index (χ4n) is 5.13. The van der Waals surface area contributed by atoms with E-state index in [1.54, 1.807) is 0 Å². The van der Waals surface area contributed by atoms with Crippen molar-refractivity contribution in [3.63, 3.8) is 0 Å². The van der Waals surface area contributed by atoms with Gasteiger partial charge in [-0.15, -0.1) is 0 Å². The van der Waals surface area contributed by atoms with Crippen LogP contribution in [0.25, 0.3) is 0 Å². The van der Waals surface area contributed by atoms with Crippen molar-refractivity contribution in [1.82, 2.24) is 0 Å². The minimum absolute atomic E-state index is 0.101. The molecule has 2 unspecified atom stereocenters. The number of ether oxygens (including phenoxy) is 3. The van der Waals surface area contributed by atoms with E-state index in [4.69, 9.17) is 14.2 Å². The van der Waals surface area contributed by atoms with Crippen LogP contribution < -0.4 is 0 Å². The molecule has 2 N–H and O–H groups in total. The fourth-order valence-corrected chi connectivity index (χ4v) is 5.13. The fraction of sp³-hybridized carbons (Fsp3) is 0.800. The van der Waals surface area contributed by atoms with Crippen molar-refractivity contribution in [2.24, 2.45) is 0 Å². The Morgan fingerprint density at radius 1 is 0.489 bits per heavy atom. The maximum atomic E-state index is 12.1. The van der Waals surface area contributed by atoms with E-state index in [0.29, 0.717) is 12.8 Å². The zero-order chi connectivity index (χ0) is 34.5. The number of aliphatic hydroxyl groups is 2. The number of carbonyl (C=O) groups excluding carboxylic acids is 2. The highest BCUT2D eigenvalue weighted by molar-refractivity contribution is 5.69. The Labute approximate surface area is 288 Å². The van der Waals surface area contributed by atoms with Gasteiger partial charge in [0.1, 0.15) is 25.4 Å². The number of unbranched alkanes of at least 4 members (excludes halogenated alkanes) is 17. The average Bonchev–Trinajstić information content (AvgIpc) is 3.08. The van der Waals surface area contributed by atoms with E-state index in [0.717, 1.165) is 70.6 Å². The summed E-state index contributed by atoms with van der Waals surface area (Å²) < 4.78 is 16.2. The van der Waals surface area contributed by atoms with Crippen LogP contribution in [-0.2, 0) is 23.8 Å². The molecule has 0 amide bonds. The molecule has 47 heavy (non-hydrogen) atoms. The molecule has 0 aromatic carbocycles. The van der Waals surface area contributed by atoms with E-state index in [2.05, 4.69) is 50.3 Å². The van der Waals surface area contributed by atoms with Crippen LogP contribution in [0.5, 0.6) is 0 Å². The monoisotopic (exact) mass is 665 g/mol. The summed E-state index contributed by atoms with van der Waals surface area (Å²) in [6.45, 7) is 3.53. The van der Waals surface area contributed by atoms with Crippen LogP contribution in [0.1, 0.15) is 168 Å². The molecule has 7 heteroatoms. The Morgan fingerprint density at radius 2 is 0.830 bits per heavy atom. The standard InChI is InChI=1S/C40H72O7/c1-3-5-7-9-11-13-15-17-18-20-22-24-26-28-30-32-40(44)46-36-38(34-42)47-37(33-41)35-45-39(43)31-29-27-25-23-21-19-16-14-12-10-8-6-4-2/h11,13-14,16-18,37-38,41-42H,3-10,12,15,19-36H2,1-2H3. The molecule has 0 aliphatic heterocycles. The number of esters is 2. The van der Waals surface area contributed by atoms with E-state index in [1.807, 2.05) is 0 Å². The SMILES string of the molecule is CCCCCC=CCC=CCCCCCCCC(=O)OCC(CO)OC(CO)COC(=O)CCCCCCCC=CCCCCCC. The quantitative estimate of drug-likeness (QED) is 0.0395. The number of hydrogen-bond donors (Lipinski definition) is 2. The Balaban J connectivity index is 3.81. The summed E-state index contributed by atoms with van der Waals surface area (Å²) in [5.41, 5.74) is 0. The maximum absolute atomic E-state index is 12.1. The van der Waals surface area contributed by atoms with Gasteiger partial charge in [0.2, 0.25) is 0 Å². The van der Waals surface area contributed by atoms with Crippen LogP contribution >= 0.6 is 0 Å². The number of allylic oxidation sites excluding steroid dienone is 6. The largest absolute Gasteiger partial charge is 0.463 e. The lowest BCUT2D eigenvalue weighted by Gasteiger charge is -2.22. The van der Waals surface area contributed by atoms with Crippen molar-refractivity contribution in [3.8, 4) is 0 Å². The molecule has 7 nitrogen and oxygen atoms in total. The lowest BCUT2D eigenvalue weighted by molar-refractivity contribution is -0.160. The van der Waals surface area contributed by atoms with Crippen LogP contribution in [0.3, 0.4) is 0 Å². The summed E-state index contributed by atoms with van der Waals surface area (Å²) in [6, 6.07) is 0. The molecule has 0 saturated carbocycles. The minimum atomic E-state index is -0.782. The third kappa shape index (κ3) is 33.7. The number of carbonyl (C=O) groups is 2. The summed E-state index contributed by atoms with van der Waals surface area (Å²) in [4.78, 5) is 24.3. The van der Waals surface area contributed by atoms with Gasteiger partial charge in [-0.25, -0.2) is 0 Å². The van der Waals surface area contributed by atoms with Gasteiger partial charge >= 0.3 is 11.9 Å². The van der Waals surface area contributed by atoms with E-state index < -0.39 is 12.2 Å². The van der Waals surface area contributed by atoms with Gasteiger partial charge in [0.15, 0.2) is 0 Å². The molecule has 0 saturated heterocycles. The van der Waals surface area contributed by atoms with E-state index in [-0.39, 0.29) is 38.4 Å². The molecule has 0 radical (unpaired) electrons. The molecule has 0 rings (SSSR count). The first-order valence-corrected chi connectivity index (χ1v) is 19.2. The van der Waals surface area contributed by atoms with Crippen molar-refractivity contribution in [3.05, 3.63) is 36.5 Å². The Bertz CT molecular complexity index is 777. The number of hydrogen-bond acceptors (Lipinski definition) is 7. The number of aliphatic hydroxyl groups excluding tert-OH is 2. The topological polar surface area (TPSA) is 102 Å². The Morgan fingerprint density at radius 3 is 1.26 bits per heavy atom. The van der Waals surface area contributed by atoms with Gasteiger partial charge in [0.25, 0.3) is 0 Å². The summed E-state index contributed by atoms with van der Waals surface area (Å²) in [5.74, 6) is -0.638. The summed E-state index contributed by atoms with van der Waals surface area (Å²) in [6.07, 6.45) is 37.9. The predicted molar refractivity (Wildman–Crippen MR) is 194 cm³/mol. The zero-order valence-electron chi connectivity index (χ0n) is 30.4. The highest BCUT2D eigenvalue weighted by Gasteiger charge is 2.19.